The molecule has 1 rings (SSSR count). The van der Waals surface area contributed by atoms with Crippen LogP contribution in [0.3, 0.4) is 0 Å². The van der Waals surface area contributed by atoms with Gasteiger partial charge in [-0.1, -0.05) is 32.1 Å². The van der Waals surface area contributed by atoms with E-state index in [0.29, 0.717) is 12.0 Å². The number of primary amides is 1. The zero-order valence-electron chi connectivity index (χ0n) is 15.3. The number of hydrogen-bond acceptors (Lipinski definition) is 5. The fourth-order valence-electron chi connectivity index (χ4n) is 1.57. The van der Waals surface area contributed by atoms with Crippen LogP contribution in [0.15, 0.2) is 41.7 Å². The van der Waals surface area contributed by atoms with Gasteiger partial charge >= 0.3 is 0 Å². The summed E-state index contributed by atoms with van der Waals surface area (Å²) in [6, 6.07) is 4.44. The van der Waals surface area contributed by atoms with Crippen LogP contribution in [0.2, 0.25) is 0 Å². The molecule has 25 heavy (non-hydrogen) atoms. The molecule has 0 aliphatic heterocycles. The highest BCUT2D eigenvalue weighted by atomic mass is 19.1. The van der Waals surface area contributed by atoms with Gasteiger partial charge in [0.25, 0.3) is 0 Å². The molecule has 0 spiro atoms. The van der Waals surface area contributed by atoms with Crippen molar-refractivity contribution in [3.63, 3.8) is 0 Å². The predicted molar refractivity (Wildman–Crippen MR) is 96.5 cm³/mol. The summed E-state index contributed by atoms with van der Waals surface area (Å²) in [5.74, 6) is 0.000858. The molecule has 0 aromatic heterocycles. The van der Waals surface area contributed by atoms with Crippen molar-refractivity contribution in [2.45, 2.75) is 27.7 Å². The summed E-state index contributed by atoms with van der Waals surface area (Å²) < 4.78 is 19.2. The highest BCUT2D eigenvalue weighted by Crippen LogP contribution is 2.20. The minimum absolute atomic E-state index is 0.0257. The lowest BCUT2D eigenvalue weighted by molar-refractivity contribution is -0.106. The van der Waals surface area contributed by atoms with Crippen LogP contribution in [0.25, 0.3) is 0 Å². The maximum atomic E-state index is 13.8. The number of hydrogen-bond donors (Lipinski definition) is 2. The Morgan fingerprint density at radius 2 is 1.92 bits per heavy atom. The van der Waals surface area contributed by atoms with E-state index in [9.17, 15) is 9.18 Å². The minimum Gasteiger partial charge on any atom is -0.486 e. The Morgan fingerprint density at radius 3 is 2.40 bits per heavy atom. The van der Waals surface area contributed by atoms with Crippen LogP contribution in [-0.4, -0.2) is 26.4 Å². The van der Waals surface area contributed by atoms with Gasteiger partial charge in [-0.2, -0.15) is 5.48 Å². The van der Waals surface area contributed by atoms with Crippen molar-refractivity contribution in [1.29, 1.82) is 0 Å². The molecule has 140 valence electrons. The molecule has 1 aromatic rings. The van der Waals surface area contributed by atoms with Crippen molar-refractivity contribution >= 4 is 12.7 Å². The van der Waals surface area contributed by atoms with Crippen molar-refractivity contribution in [1.82, 2.24) is 5.48 Å². The molecular formula is C18H27FN2O4. The molecule has 0 fully saturated rings. The standard InChI is InChI=1S/C15H18FNO3.C2H6.CH3NO/c1-4-6-13(11(2)20-17-3)10-19-14-8-5-7-12(9-18)15(14)16;1-2;2-1-3/h4-9,17H,10H2,1-3H3;1-2H3;1H,(H2,2,3)/b6-4-,13-11-;;. The fourth-order valence-corrected chi connectivity index (χ4v) is 1.57. The Hall–Kier alpha value is -2.67. The van der Waals surface area contributed by atoms with Crippen molar-refractivity contribution in [3.8, 4) is 5.75 Å². The number of benzene rings is 1. The number of hydroxylamine groups is 1. The number of amides is 1. The molecule has 0 aliphatic rings. The summed E-state index contributed by atoms with van der Waals surface area (Å²) >= 11 is 0. The number of ether oxygens (including phenoxy) is 1. The summed E-state index contributed by atoms with van der Waals surface area (Å²) in [4.78, 5) is 24.4. The second-order valence-corrected chi connectivity index (χ2v) is 4.09. The highest BCUT2D eigenvalue weighted by molar-refractivity contribution is 5.76. The van der Waals surface area contributed by atoms with Crippen molar-refractivity contribution in [2.24, 2.45) is 5.73 Å². The Balaban J connectivity index is 0. The summed E-state index contributed by atoms with van der Waals surface area (Å²) in [6.45, 7) is 7.77. The summed E-state index contributed by atoms with van der Waals surface area (Å²) in [5, 5.41) is 0. The fraction of sp³-hybridized carbons (Fsp3) is 0.333. The van der Waals surface area contributed by atoms with Crippen LogP contribution in [-0.2, 0) is 9.63 Å². The first-order valence-corrected chi connectivity index (χ1v) is 7.73. The number of carbonyl (C=O) groups is 2. The van der Waals surface area contributed by atoms with Gasteiger partial charge < -0.3 is 15.3 Å². The number of rotatable bonds is 7. The van der Waals surface area contributed by atoms with Crippen molar-refractivity contribution in [3.05, 3.63) is 53.1 Å². The average molecular weight is 354 g/mol. The van der Waals surface area contributed by atoms with Gasteiger partial charge in [0.15, 0.2) is 17.9 Å². The van der Waals surface area contributed by atoms with E-state index < -0.39 is 5.82 Å². The zero-order valence-corrected chi connectivity index (χ0v) is 15.3. The Morgan fingerprint density at radius 1 is 1.32 bits per heavy atom. The second kappa shape index (κ2) is 16.2. The number of carbonyl (C=O) groups excluding carboxylic acids is 2. The molecule has 1 aromatic carbocycles. The van der Waals surface area contributed by atoms with E-state index in [1.807, 2.05) is 32.9 Å². The molecule has 3 N–H and O–H groups in total. The summed E-state index contributed by atoms with van der Waals surface area (Å²) in [5.41, 5.74) is 7.47. The maximum absolute atomic E-state index is 13.8. The molecule has 6 nitrogen and oxygen atoms in total. The van der Waals surface area contributed by atoms with E-state index in [2.05, 4.69) is 11.2 Å². The molecule has 0 aliphatic carbocycles. The van der Waals surface area contributed by atoms with E-state index in [1.54, 1.807) is 20.0 Å². The minimum atomic E-state index is -0.658. The monoisotopic (exact) mass is 354 g/mol. The van der Waals surface area contributed by atoms with E-state index >= 15 is 0 Å². The lowest BCUT2D eigenvalue weighted by Crippen LogP contribution is -2.10. The van der Waals surface area contributed by atoms with E-state index in [-0.39, 0.29) is 24.3 Å². The third kappa shape index (κ3) is 9.93. The first kappa shape index (κ1) is 24.6. The molecule has 0 saturated heterocycles. The van der Waals surface area contributed by atoms with Gasteiger partial charge in [-0.25, -0.2) is 4.39 Å². The Bertz CT molecular complexity index is 572. The van der Waals surface area contributed by atoms with Gasteiger partial charge in [0.2, 0.25) is 6.41 Å². The van der Waals surface area contributed by atoms with Gasteiger partial charge in [0, 0.05) is 12.6 Å². The number of nitrogens with two attached hydrogens (primary N) is 1. The number of halogens is 1. The number of nitrogens with one attached hydrogen (secondary N) is 1. The first-order valence-electron chi connectivity index (χ1n) is 7.73. The quantitative estimate of drug-likeness (QED) is 0.340. The van der Waals surface area contributed by atoms with Crippen LogP contribution in [0.5, 0.6) is 5.75 Å². The number of allylic oxidation sites excluding steroid dienone is 2. The maximum Gasteiger partial charge on any atom is 0.204 e. The Kier molecular flexibility index (Phi) is 15.9. The van der Waals surface area contributed by atoms with Crippen LogP contribution < -0.4 is 16.0 Å². The zero-order chi connectivity index (χ0) is 19.7. The predicted octanol–water partition coefficient (Wildman–Crippen LogP) is 3.15. The Labute approximate surface area is 148 Å². The molecule has 0 radical (unpaired) electrons. The first-order chi connectivity index (χ1) is 12.0. The second-order valence-electron chi connectivity index (χ2n) is 4.09. The normalized spacial score (nSPS) is 10.5. The van der Waals surface area contributed by atoms with Crippen molar-refractivity contribution < 1.29 is 23.6 Å². The van der Waals surface area contributed by atoms with Crippen LogP contribution in [0.1, 0.15) is 38.1 Å². The SMILES string of the molecule is C/C=C\C(COc1cccc(C=O)c1F)=C(/C)ONC.CC.NC=O. The van der Waals surface area contributed by atoms with Gasteiger partial charge in [0.05, 0.1) is 5.56 Å². The molecule has 0 unspecified atom stereocenters. The van der Waals surface area contributed by atoms with E-state index in [0.717, 1.165) is 5.57 Å². The smallest absolute Gasteiger partial charge is 0.204 e. The number of aldehydes is 1. The van der Waals surface area contributed by atoms with Gasteiger partial charge in [-0.05, 0) is 26.0 Å². The highest BCUT2D eigenvalue weighted by Gasteiger charge is 2.10. The molecule has 0 atom stereocenters. The molecule has 0 heterocycles. The lowest BCUT2D eigenvalue weighted by Gasteiger charge is -2.12. The third-order valence-corrected chi connectivity index (χ3v) is 2.58. The summed E-state index contributed by atoms with van der Waals surface area (Å²) in [7, 11) is 1.64. The van der Waals surface area contributed by atoms with E-state index in [4.69, 9.17) is 14.4 Å². The average Bonchev–Trinajstić information content (AvgIpc) is 2.62. The molecule has 1 amide bonds. The molecule has 0 saturated carbocycles. The van der Waals surface area contributed by atoms with E-state index in [1.165, 1.54) is 12.1 Å². The largest absolute Gasteiger partial charge is 0.486 e. The van der Waals surface area contributed by atoms with Crippen LogP contribution >= 0.6 is 0 Å². The van der Waals surface area contributed by atoms with Gasteiger partial charge in [0.1, 0.15) is 12.4 Å². The lowest BCUT2D eigenvalue weighted by atomic mass is 10.2. The van der Waals surface area contributed by atoms with Crippen LogP contribution in [0.4, 0.5) is 4.39 Å². The third-order valence-electron chi connectivity index (χ3n) is 2.58. The topological polar surface area (TPSA) is 90.7 Å². The van der Waals surface area contributed by atoms with Gasteiger partial charge in [-0.3, -0.25) is 9.59 Å². The van der Waals surface area contributed by atoms with Gasteiger partial charge in [-0.15, -0.1) is 0 Å². The molecule has 7 heteroatoms. The van der Waals surface area contributed by atoms with Crippen LogP contribution in [0, 0.1) is 5.82 Å². The molecule has 0 bridgehead atoms. The molecular weight excluding hydrogens is 327 g/mol. The van der Waals surface area contributed by atoms with Crippen molar-refractivity contribution in [2.75, 3.05) is 13.7 Å². The summed E-state index contributed by atoms with van der Waals surface area (Å²) in [6.07, 6.45) is 4.35.